The lowest BCUT2D eigenvalue weighted by Crippen LogP contribution is -2.17. The van der Waals surface area contributed by atoms with Gasteiger partial charge in [-0.1, -0.05) is 0 Å². The molecule has 2 heterocycles. The molecule has 0 fully saturated rings. The number of hydrogen-bond acceptors (Lipinski definition) is 10. The van der Waals surface area contributed by atoms with Crippen LogP contribution in [0.5, 0.6) is 0 Å². The molecule has 2 aromatic heterocycles. The van der Waals surface area contributed by atoms with Crippen molar-refractivity contribution in [2.45, 2.75) is 47.2 Å². The first-order valence-electron chi connectivity index (χ1n) is 10.7. The molecular weight excluding hydrogens is 436 g/mol. The second-order valence-electron chi connectivity index (χ2n) is 6.51. The molecule has 0 aliphatic carbocycles. The Bertz CT molecular complexity index is 916. The van der Waals surface area contributed by atoms with Gasteiger partial charge in [0.15, 0.2) is 11.4 Å². The largest absolute Gasteiger partial charge is 0.461 e. The van der Waals surface area contributed by atoms with Crippen molar-refractivity contribution in [1.82, 2.24) is 19.6 Å². The molecule has 2 aromatic rings. The van der Waals surface area contributed by atoms with Crippen molar-refractivity contribution in [3.63, 3.8) is 0 Å². The molecule has 0 atom stereocenters. The van der Waals surface area contributed by atoms with Gasteiger partial charge in [0.05, 0.1) is 26.4 Å². The molecule has 0 N–H and O–H groups in total. The summed E-state index contributed by atoms with van der Waals surface area (Å²) < 4.78 is 22.6. The fraction of sp³-hybridized carbons (Fsp3) is 0.524. The number of ether oxygens (including phenoxy) is 4. The molecule has 0 aliphatic rings. The van der Waals surface area contributed by atoms with Crippen LogP contribution >= 0.6 is 0 Å². The lowest BCUT2D eigenvalue weighted by atomic mass is 10.3. The van der Waals surface area contributed by atoms with Crippen LogP contribution in [0.1, 0.15) is 76.1 Å². The van der Waals surface area contributed by atoms with E-state index in [0.717, 1.165) is 0 Å². The number of aromatic nitrogens is 4. The van der Waals surface area contributed by atoms with Crippen molar-refractivity contribution >= 4 is 23.9 Å². The van der Waals surface area contributed by atoms with Gasteiger partial charge in [-0.3, -0.25) is 9.36 Å². The Kier molecular flexibility index (Phi) is 9.58. The Labute approximate surface area is 190 Å². The molecule has 0 amide bonds. The van der Waals surface area contributed by atoms with Gasteiger partial charge in [-0.25, -0.2) is 19.2 Å². The Hall–Kier alpha value is -3.70. The van der Waals surface area contributed by atoms with Crippen LogP contribution in [0, 0.1) is 0 Å². The maximum absolute atomic E-state index is 12.3. The van der Waals surface area contributed by atoms with Crippen molar-refractivity contribution in [2.75, 3.05) is 26.4 Å². The highest BCUT2D eigenvalue weighted by Gasteiger charge is 2.23. The second-order valence-corrected chi connectivity index (χ2v) is 6.51. The first kappa shape index (κ1) is 25.6. The van der Waals surface area contributed by atoms with E-state index < -0.39 is 23.9 Å². The van der Waals surface area contributed by atoms with E-state index in [1.54, 1.807) is 27.7 Å². The fourth-order valence-electron chi connectivity index (χ4n) is 2.89. The predicted molar refractivity (Wildman–Crippen MR) is 113 cm³/mol. The molecule has 0 saturated carbocycles. The third-order valence-electron chi connectivity index (χ3n) is 4.24. The van der Waals surface area contributed by atoms with Gasteiger partial charge in [-0.15, -0.1) is 0 Å². The topological polar surface area (TPSA) is 141 Å². The van der Waals surface area contributed by atoms with Gasteiger partial charge in [0.1, 0.15) is 11.4 Å². The number of hydrogen-bond donors (Lipinski definition) is 0. The van der Waals surface area contributed by atoms with Crippen molar-refractivity contribution in [1.29, 1.82) is 0 Å². The summed E-state index contributed by atoms with van der Waals surface area (Å²) in [5, 5.41) is 8.31. The minimum atomic E-state index is -0.655. The van der Waals surface area contributed by atoms with Gasteiger partial charge in [-0.2, -0.15) is 10.2 Å². The molecule has 180 valence electrons. The smallest absolute Gasteiger partial charge is 0.358 e. The molecule has 0 spiro atoms. The van der Waals surface area contributed by atoms with Crippen molar-refractivity contribution < 1.29 is 38.1 Å². The molecule has 0 radical (unpaired) electrons. The van der Waals surface area contributed by atoms with Crippen molar-refractivity contribution in [2.24, 2.45) is 0 Å². The summed E-state index contributed by atoms with van der Waals surface area (Å²) in [6.07, 6.45) is 0.354. The van der Waals surface area contributed by atoms with Crippen LogP contribution in [0.2, 0.25) is 0 Å². The summed E-state index contributed by atoms with van der Waals surface area (Å²) in [6.45, 7) is 7.71. The summed E-state index contributed by atoms with van der Waals surface area (Å²) in [6, 6.07) is 2.62. The highest BCUT2D eigenvalue weighted by Crippen LogP contribution is 2.12. The number of esters is 4. The Morgan fingerprint density at radius 3 is 1.30 bits per heavy atom. The van der Waals surface area contributed by atoms with Gasteiger partial charge in [0.25, 0.3) is 0 Å². The van der Waals surface area contributed by atoms with E-state index >= 15 is 0 Å². The zero-order valence-electron chi connectivity index (χ0n) is 19.2. The summed E-state index contributed by atoms with van der Waals surface area (Å²) in [7, 11) is 0. The maximum Gasteiger partial charge on any atom is 0.358 e. The maximum atomic E-state index is 12.3. The Morgan fingerprint density at radius 2 is 0.970 bits per heavy atom. The van der Waals surface area contributed by atoms with E-state index in [2.05, 4.69) is 10.2 Å². The minimum absolute atomic E-state index is 0.0178. The Morgan fingerprint density at radius 1 is 0.636 bits per heavy atom. The first-order chi connectivity index (χ1) is 15.9. The van der Waals surface area contributed by atoms with E-state index in [-0.39, 0.29) is 62.3 Å². The van der Waals surface area contributed by atoms with Gasteiger partial charge < -0.3 is 18.9 Å². The van der Waals surface area contributed by atoms with E-state index in [1.807, 2.05) is 0 Å². The Balaban J connectivity index is 2.22. The van der Waals surface area contributed by atoms with Gasteiger partial charge >= 0.3 is 23.9 Å². The zero-order valence-corrected chi connectivity index (χ0v) is 19.2. The SMILES string of the molecule is CCOC(=O)c1cc(C(=O)OCC)n(CCCn2nc(C(=O)OCC)cc2C(=O)OCC)n1. The molecule has 12 nitrogen and oxygen atoms in total. The summed E-state index contributed by atoms with van der Waals surface area (Å²) >= 11 is 0. The molecule has 0 aliphatic heterocycles. The number of nitrogens with zero attached hydrogens (tertiary/aromatic N) is 4. The minimum Gasteiger partial charge on any atom is -0.461 e. The standard InChI is InChI=1S/C21H28N4O8/c1-5-30-18(26)14-12-16(20(28)32-7-3)24(22-14)10-9-11-25-17(21(29)33-8-4)13-15(23-25)19(27)31-6-2/h12-13H,5-11H2,1-4H3. The van der Waals surface area contributed by atoms with Gasteiger partial charge in [0, 0.05) is 25.2 Å². The third kappa shape index (κ3) is 6.64. The van der Waals surface area contributed by atoms with E-state index in [9.17, 15) is 19.2 Å². The van der Waals surface area contributed by atoms with Crippen LogP contribution in [-0.2, 0) is 32.0 Å². The first-order valence-corrected chi connectivity index (χ1v) is 10.7. The van der Waals surface area contributed by atoms with Gasteiger partial charge in [-0.05, 0) is 34.1 Å². The second kappa shape index (κ2) is 12.4. The van der Waals surface area contributed by atoms with Gasteiger partial charge in [0.2, 0.25) is 0 Å². The van der Waals surface area contributed by atoms with E-state index in [0.29, 0.717) is 6.42 Å². The summed E-state index contributed by atoms with van der Waals surface area (Å²) in [4.78, 5) is 48.6. The lowest BCUT2D eigenvalue weighted by molar-refractivity contribution is 0.0503. The number of aryl methyl sites for hydroxylation is 2. The highest BCUT2D eigenvalue weighted by atomic mass is 16.5. The quantitative estimate of drug-likeness (QED) is 0.338. The molecular formula is C21H28N4O8. The van der Waals surface area contributed by atoms with Crippen LogP contribution in [0.3, 0.4) is 0 Å². The molecule has 0 aromatic carbocycles. The number of rotatable bonds is 12. The van der Waals surface area contributed by atoms with E-state index in [4.69, 9.17) is 18.9 Å². The van der Waals surface area contributed by atoms with Crippen molar-refractivity contribution in [3.8, 4) is 0 Å². The van der Waals surface area contributed by atoms with E-state index in [1.165, 1.54) is 21.5 Å². The monoisotopic (exact) mass is 464 g/mol. The van der Waals surface area contributed by atoms with Crippen LogP contribution in [0.4, 0.5) is 0 Å². The van der Waals surface area contributed by atoms with Crippen LogP contribution in [0.15, 0.2) is 12.1 Å². The molecule has 2 rings (SSSR count). The lowest BCUT2D eigenvalue weighted by Gasteiger charge is -2.09. The van der Waals surface area contributed by atoms with Crippen LogP contribution < -0.4 is 0 Å². The van der Waals surface area contributed by atoms with Crippen molar-refractivity contribution in [3.05, 3.63) is 34.9 Å². The molecule has 33 heavy (non-hydrogen) atoms. The third-order valence-corrected chi connectivity index (χ3v) is 4.24. The summed E-state index contributed by atoms with van der Waals surface area (Å²) in [5.74, 6) is -2.57. The highest BCUT2D eigenvalue weighted by molar-refractivity contribution is 5.94. The number of carbonyl (C=O) groups excluding carboxylic acids is 4. The van der Waals surface area contributed by atoms with Crippen LogP contribution in [0.25, 0.3) is 0 Å². The zero-order chi connectivity index (χ0) is 24.4. The average molecular weight is 464 g/mol. The van der Waals surface area contributed by atoms with Crippen LogP contribution in [-0.4, -0.2) is 69.9 Å². The normalized spacial score (nSPS) is 10.5. The molecule has 0 saturated heterocycles. The predicted octanol–water partition coefficient (Wildman–Crippen LogP) is 1.88. The summed E-state index contributed by atoms with van der Waals surface area (Å²) in [5.41, 5.74) is 0.156. The molecule has 0 unspecified atom stereocenters. The molecule has 0 bridgehead atoms. The fourth-order valence-corrected chi connectivity index (χ4v) is 2.89. The molecule has 12 heteroatoms. The number of carbonyl (C=O) groups is 4. The average Bonchev–Trinajstić information content (AvgIpc) is 3.39.